The highest BCUT2D eigenvalue weighted by Gasteiger charge is 2.12. The summed E-state index contributed by atoms with van der Waals surface area (Å²) in [6.07, 6.45) is 0. The number of hydrogen-bond acceptors (Lipinski definition) is 2. The van der Waals surface area contributed by atoms with E-state index < -0.39 is 7.00 Å². The molecule has 0 radical (unpaired) electrons. The highest BCUT2D eigenvalue weighted by Crippen LogP contribution is 2.25. The summed E-state index contributed by atoms with van der Waals surface area (Å²) in [6.45, 7) is 0. The Hall–Kier alpha value is -0.530. The summed E-state index contributed by atoms with van der Waals surface area (Å²) in [5, 5.41) is 0.726. The van der Waals surface area contributed by atoms with Crippen LogP contribution in [-0.2, 0) is 4.57 Å². The third-order valence-electron chi connectivity index (χ3n) is 1.29. The normalized spacial score (nSPS) is 10.9. The van der Waals surface area contributed by atoms with Gasteiger partial charge < -0.3 is 4.74 Å². The maximum absolute atomic E-state index is 10.8. The molecule has 0 heterocycles. The molecule has 0 spiro atoms. The molecule has 0 saturated heterocycles. The first-order valence-electron chi connectivity index (χ1n) is 3.04. The molecule has 0 amide bonds. The SMILES string of the molecule is COc1ccc([P+](=O)S)cc1. The minimum atomic E-state index is -1.52. The van der Waals surface area contributed by atoms with E-state index in [9.17, 15) is 4.57 Å². The number of rotatable bonds is 2. The molecule has 11 heavy (non-hydrogen) atoms. The smallest absolute Gasteiger partial charge is 0.446 e. The van der Waals surface area contributed by atoms with E-state index >= 15 is 0 Å². The van der Waals surface area contributed by atoms with Crippen LogP contribution in [0.5, 0.6) is 5.75 Å². The molecule has 2 nitrogen and oxygen atoms in total. The van der Waals surface area contributed by atoms with Crippen molar-refractivity contribution in [3.63, 3.8) is 0 Å². The number of ether oxygens (including phenoxy) is 1. The average Bonchev–Trinajstić information content (AvgIpc) is 2.05. The topological polar surface area (TPSA) is 26.3 Å². The van der Waals surface area contributed by atoms with Gasteiger partial charge in [0.1, 0.15) is 18.0 Å². The van der Waals surface area contributed by atoms with E-state index in [1.54, 1.807) is 31.4 Å². The van der Waals surface area contributed by atoms with Gasteiger partial charge in [0.2, 0.25) is 5.30 Å². The Labute approximate surface area is 71.5 Å². The number of thiol groups is 1. The van der Waals surface area contributed by atoms with Crippen LogP contribution in [-0.4, -0.2) is 7.11 Å². The lowest BCUT2D eigenvalue weighted by Crippen LogP contribution is -1.92. The Kier molecular flexibility index (Phi) is 2.92. The zero-order valence-electron chi connectivity index (χ0n) is 6.02. The lowest BCUT2D eigenvalue weighted by atomic mass is 10.3. The Morgan fingerprint density at radius 3 is 2.27 bits per heavy atom. The summed E-state index contributed by atoms with van der Waals surface area (Å²) in [7, 11) is 0.0689. The quantitative estimate of drug-likeness (QED) is 0.566. The van der Waals surface area contributed by atoms with Gasteiger partial charge in [0.05, 0.1) is 7.11 Å². The van der Waals surface area contributed by atoms with E-state index in [2.05, 4.69) is 12.2 Å². The van der Waals surface area contributed by atoms with Gasteiger partial charge in [-0.15, -0.1) is 0 Å². The van der Waals surface area contributed by atoms with Crippen molar-refractivity contribution in [3.8, 4) is 5.75 Å². The molecule has 0 aliphatic rings. The second-order valence-electron chi connectivity index (χ2n) is 1.97. The third-order valence-corrected chi connectivity index (χ3v) is 2.73. The molecule has 1 atom stereocenters. The molecule has 0 aliphatic carbocycles. The van der Waals surface area contributed by atoms with Crippen molar-refractivity contribution in [2.24, 2.45) is 0 Å². The molecular formula is C7H8O2PS+. The van der Waals surface area contributed by atoms with E-state index in [4.69, 9.17) is 4.74 Å². The Balaban J connectivity index is 2.91. The molecule has 0 fully saturated rings. The summed E-state index contributed by atoms with van der Waals surface area (Å²) < 4.78 is 15.7. The van der Waals surface area contributed by atoms with Gasteiger partial charge in [-0.3, -0.25) is 0 Å². The highest BCUT2D eigenvalue weighted by atomic mass is 32.7. The number of hydrogen-bond donors (Lipinski definition) is 1. The largest absolute Gasteiger partial charge is 0.497 e. The van der Waals surface area contributed by atoms with Crippen molar-refractivity contribution in [3.05, 3.63) is 24.3 Å². The fourth-order valence-electron chi connectivity index (χ4n) is 0.710. The van der Waals surface area contributed by atoms with Crippen molar-refractivity contribution >= 4 is 24.6 Å². The molecule has 0 N–H and O–H groups in total. The number of methoxy groups -OCH3 is 1. The lowest BCUT2D eigenvalue weighted by molar-refractivity contribution is 0.415. The maximum atomic E-state index is 10.8. The van der Waals surface area contributed by atoms with Crippen molar-refractivity contribution in [2.75, 3.05) is 7.11 Å². The first kappa shape index (κ1) is 8.57. The summed E-state index contributed by atoms with van der Waals surface area (Å²) in [4.78, 5) is 0. The highest BCUT2D eigenvalue weighted by molar-refractivity contribution is 8.43. The van der Waals surface area contributed by atoms with Crippen LogP contribution in [0.25, 0.3) is 0 Å². The summed E-state index contributed by atoms with van der Waals surface area (Å²) in [5.41, 5.74) is 0. The van der Waals surface area contributed by atoms with Crippen LogP contribution in [0.4, 0.5) is 0 Å². The minimum Gasteiger partial charge on any atom is -0.497 e. The summed E-state index contributed by atoms with van der Waals surface area (Å²) >= 11 is 3.82. The van der Waals surface area contributed by atoms with Crippen LogP contribution < -0.4 is 10.0 Å². The maximum Gasteiger partial charge on any atom is 0.446 e. The fourth-order valence-corrected chi connectivity index (χ4v) is 1.51. The van der Waals surface area contributed by atoms with Gasteiger partial charge in [-0.2, -0.15) is 0 Å². The van der Waals surface area contributed by atoms with Gasteiger partial charge in [0.15, 0.2) is 0 Å². The first-order chi connectivity index (χ1) is 5.24. The Morgan fingerprint density at radius 2 is 1.91 bits per heavy atom. The van der Waals surface area contributed by atoms with E-state index in [1.165, 1.54) is 0 Å². The van der Waals surface area contributed by atoms with Gasteiger partial charge in [-0.25, -0.2) is 0 Å². The fraction of sp³-hybridized carbons (Fsp3) is 0.143. The van der Waals surface area contributed by atoms with Crippen LogP contribution in [0.2, 0.25) is 0 Å². The van der Waals surface area contributed by atoms with Crippen LogP contribution >= 0.6 is 19.3 Å². The third kappa shape index (κ3) is 2.21. The molecule has 0 bridgehead atoms. The van der Waals surface area contributed by atoms with Crippen molar-refractivity contribution in [2.45, 2.75) is 0 Å². The van der Waals surface area contributed by atoms with Gasteiger partial charge in [-0.1, -0.05) is 4.57 Å². The standard InChI is InChI=1S/C7H7O2PS/c1-9-6-2-4-7(5-3-6)10(8)11/h2-5H,1H3/p+1. The van der Waals surface area contributed by atoms with Crippen LogP contribution in [0.3, 0.4) is 0 Å². The van der Waals surface area contributed by atoms with Crippen molar-refractivity contribution in [1.29, 1.82) is 0 Å². The molecule has 4 heteroatoms. The summed E-state index contributed by atoms with van der Waals surface area (Å²) in [6, 6.07) is 7.01. The van der Waals surface area contributed by atoms with Gasteiger partial charge in [0, 0.05) is 0 Å². The Bertz CT molecular complexity index is 258. The van der Waals surface area contributed by atoms with E-state index in [-0.39, 0.29) is 0 Å². The zero-order valence-corrected chi connectivity index (χ0v) is 7.81. The van der Waals surface area contributed by atoms with Crippen LogP contribution in [0.15, 0.2) is 24.3 Å². The van der Waals surface area contributed by atoms with Crippen LogP contribution in [0.1, 0.15) is 0 Å². The number of benzene rings is 1. The second-order valence-corrected chi connectivity index (χ2v) is 4.12. The average molecular weight is 187 g/mol. The molecule has 0 aliphatic heterocycles. The molecular weight excluding hydrogens is 179 g/mol. The molecule has 0 aromatic heterocycles. The van der Waals surface area contributed by atoms with E-state index in [0.717, 1.165) is 11.1 Å². The van der Waals surface area contributed by atoms with Crippen LogP contribution in [0, 0.1) is 0 Å². The lowest BCUT2D eigenvalue weighted by Gasteiger charge is -1.94. The molecule has 0 saturated carbocycles. The van der Waals surface area contributed by atoms with Crippen molar-refractivity contribution < 1.29 is 9.30 Å². The molecule has 1 rings (SSSR count). The van der Waals surface area contributed by atoms with E-state index in [1.807, 2.05) is 0 Å². The molecule has 1 unspecified atom stereocenters. The Morgan fingerprint density at radius 1 is 1.36 bits per heavy atom. The predicted molar refractivity (Wildman–Crippen MR) is 49.2 cm³/mol. The van der Waals surface area contributed by atoms with Gasteiger partial charge in [-0.05, 0) is 24.3 Å². The predicted octanol–water partition coefficient (Wildman–Crippen LogP) is 1.99. The van der Waals surface area contributed by atoms with E-state index in [0.29, 0.717) is 0 Å². The minimum absolute atomic E-state index is 0.726. The van der Waals surface area contributed by atoms with Gasteiger partial charge >= 0.3 is 7.00 Å². The van der Waals surface area contributed by atoms with Crippen molar-refractivity contribution in [1.82, 2.24) is 0 Å². The monoisotopic (exact) mass is 187 g/mol. The van der Waals surface area contributed by atoms with Gasteiger partial charge in [0.25, 0.3) is 0 Å². The summed E-state index contributed by atoms with van der Waals surface area (Å²) in [5.74, 6) is 0.763. The second kappa shape index (κ2) is 3.74. The molecule has 58 valence electrons. The molecule has 1 aromatic carbocycles. The molecule has 1 aromatic rings. The first-order valence-corrected chi connectivity index (χ1v) is 5.45. The zero-order chi connectivity index (χ0) is 8.27.